The lowest BCUT2D eigenvalue weighted by atomic mass is 10.2. The average molecular weight is 238 g/mol. The van der Waals surface area contributed by atoms with E-state index in [1.54, 1.807) is 0 Å². The minimum Gasteiger partial charge on any atom is -0.496 e. The molecule has 0 heterocycles. The molecule has 1 rings (SSSR count). The van der Waals surface area contributed by atoms with E-state index in [0.717, 1.165) is 0 Å². The van der Waals surface area contributed by atoms with E-state index in [-0.39, 0.29) is 5.69 Å². The van der Waals surface area contributed by atoms with Gasteiger partial charge < -0.3 is 10.5 Å². The van der Waals surface area contributed by atoms with E-state index < -0.39 is 11.0 Å². The van der Waals surface area contributed by atoms with Crippen molar-refractivity contribution >= 4 is 17.9 Å². The van der Waals surface area contributed by atoms with Crippen LogP contribution in [0.25, 0.3) is 0 Å². The molecule has 3 N–H and O–H groups in total. The molecule has 8 nitrogen and oxygen atoms in total. The fraction of sp³-hybridized carbons (Fsp3) is 0.111. The van der Waals surface area contributed by atoms with Crippen LogP contribution in [0.4, 0.5) is 10.5 Å². The van der Waals surface area contributed by atoms with Gasteiger partial charge in [-0.2, -0.15) is 5.10 Å². The van der Waals surface area contributed by atoms with Crippen LogP contribution in [0.3, 0.4) is 0 Å². The number of nitro benzene ring substituents is 1. The predicted molar refractivity (Wildman–Crippen MR) is 60.0 cm³/mol. The van der Waals surface area contributed by atoms with Gasteiger partial charge in [0.2, 0.25) is 0 Å². The number of nitrogens with zero attached hydrogens (tertiary/aromatic N) is 2. The molecule has 0 aliphatic heterocycles. The minimum absolute atomic E-state index is 0.105. The number of nitrogens with one attached hydrogen (secondary N) is 1. The van der Waals surface area contributed by atoms with E-state index in [1.807, 2.05) is 5.43 Å². The zero-order valence-electron chi connectivity index (χ0n) is 8.91. The second-order valence-electron chi connectivity index (χ2n) is 2.92. The SMILES string of the molecule is COc1ccc([N+](=O)[O-])cc1/C=N/NC(N)=O. The number of amides is 2. The number of methoxy groups -OCH3 is 1. The molecule has 0 spiro atoms. The number of hydrogen-bond donors (Lipinski definition) is 2. The topological polar surface area (TPSA) is 120 Å². The molecule has 90 valence electrons. The first-order valence-corrected chi connectivity index (χ1v) is 4.45. The number of rotatable bonds is 4. The molecular formula is C9H10N4O4. The minimum atomic E-state index is -0.828. The number of nitrogens with two attached hydrogens (primary N) is 1. The molecule has 0 unspecified atom stereocenters. The zero-order chi connectivity index (χ0) is 12.8. The van der Waals surface area contributed by atoms with Crippen LogP contribution < -0.4 is 15.9 Å². The number of carbonyl (C=O) groups is 1. The largest absolute Gasteiger partial charge is 0.496 e. The highest BCUT2D eigenvalue weighted by atomic mass is 16.6. The van der Waals surface area contributed by atoms with E-state index in [2.05, 4.69) is 5.10 Å². The Morgan fingerprint density at radius 3 is 2.88 bits per heavy atom. The number of urea groups is 1. The second kappa shape index (κ2) is 5.45. The van der Waals surface area contributed by atoms with Crippen LogP contribution in [0.5, 0.6) is 5.75 Å². The fourth-order valence-electron chi connectivity index (χ4n) is 1.10. The predicted octanol–water partition coefficient (Wildman–Crippen LogP) is 0.606. The molecule has 0 aliphatic carbocycles. The normalized spacial score (nSPS) is 10.2. The fourth-order valence-corrected chi connectivity index (χ4v) is 1.10. The lowest BCUT2D eigenvalue weighted by Gasteiger charge is -2.03. The highest BCUT2D eigenvalue weighted by Gasteiger charge is 2.09. The highest BCUT2D eigenvalue weighted by molar-refractivity contribution is 5.85. The summed E-state index contributed by atoms with van der Waals surface area (Å²) in [5, 5.41) is 14.1. The van der Waals surface area contributed by atoms with Crippen molar-refractivity contribution in [3.05, 3.63) is 33.9 Å². The van der Waals surface area contributed by atoms with Gasteiger partial charge in [0.05, 0.1) is 18.2 Å². The summed E-state index contributed by atoms with van der Waals surface area (Å²) in [5.41, 5.74) is 7.03. The number of ether oxygens (including phenoxy) is 1. The Bertz CT molecular complexity index is 472. The number of benzene rings is 1. The van der Waals surface area contributed by atoms with Gasteiger partial charge in [-0.25, -0.2) is 10.2 Å². The number of hydrazone groups is 1. The van der Waals surface area contributed by atoms with Crippen molar-refractivity contribution in [3.8, 4) is 5.75 Å². The summed E-state index contributed by atoms with van der Waals surface area (Å²) in [6, 6.07) is 3.18. The Hall–Kier alpha value is -2.64. The van der Waals surface area contributed by atoms with Gasteiger partial charge in [0.25, 0.3) is 5.69 Å². The van der Waals surface area contributed by atoms with Gasteiger partial charge in [-0.3, -0.25) is 10.1 Å². The Morgan fingerprint density at radius 2 is 2.35 bits per heavy atom. The van der Waals surface area contributed by atoms with Crippen molar-refractivity contribution in [1.29, 1.82) is 0 Å². The number of hydrogen-bond acceptors (Lipinski definition) is 5. The van der Waals surface area contributed by atoms with Gasteiger partial charge in [0.1, 0.15) is 5.75 Å². The van der Waals surface area contributed by atoms with Crippen molar-refractivity contribution in [3.63, 3.8) is 0 Å². The van der Waals surface area contributed by atoms with Gasteiger partial charge >= 0.3 is 6.03 Å². The Balaban J connectivity index is 3.01. The summed E-state index contributed by atoms with van der Waals surface area (Å²) in [7, 11) is 1.42. The summed E-state index contributed by atoms with van der Waals surface area (Å²) in [5.74, 6) is 0.394. The van der Waals surface area contributed by atoms with Crippen molar-refractivity contribution in [2.75, 3.05) is 7.11 Å². The second-order valence-corrected chi connectivity index (χ2v) is 2.92. The van der Waals surface area contributed by atoms with Crippen LogP contribution in [0.15, 0.2) is 23.3 Å². The van der Waals surface area contributed by atoms with Gasteiger partial charge in [0, 0.05) is 17.7 Å². The van der Waals surface area contributed by atoms with Crippen molar-refractivity contribution in [2.24, 2.45) is 10.8 Å². The van der Waals surface area contributed by atoms with Crippen LogP contribution in [0.2, 0.25) is 0 Å². The molecule has 2 amide bonds. The zero-order valence-corrected chi connectivity index (χ0v) is 8.91. The third kappa shape index (κ3) is 3.45. The molecule has 1 aromatic carbocycles. The summed E-state index contributed by atoms with van der Waals surface area (Å²) in [6.07, 6.45) is 1.20. The standard InChI is InChI=1S/C9H10N4O4/c1-17-8-3-2-7(13(15)16)4-6(8)5-11-12-9(10)14/h2-5H,1H3,(H3,10,12,14)/b11-5+. The number of primary amides is 1. The molecule has 0 atom stereocenters. The number of non-ortho nitro benzene ring substituents is 1. The maximum atomic E-state index is 10.6. The lowest BCUT2D eigenvalue weighted by Crippen LogP contribution is -2.24. The molecule has 0 bridgehead atoms. The van der Waals surface area contributed by atoms with E-state index in [9.17, 15) is 14.9 Å². The number of nitro groups is 1. The first-order valence-electron chi connectivity index (χ1n) is 4.45. The van der Waals surface area contributed by atoms with Crippen LogP contribution in [-0.4, -0.2) is 24.3 Å². The lowest BCUT2D eigenvalue weighted by molar-refractivity contribution is -0.384. The Morgan fingerprint density at radius 1 is 1.65 bits per heavy atom. The van der Waals surface area contributed by atoms with Crippen molar-refractivity contribution in [2.45, 2.75) is 0 Å². The molecule has 0 saturated carbocycles. The quantitative estimate of drug-likeness (QED) is 0.453. The molecule has 0 saturated heterocycles. The van der Waals surface area contributed by atoms with Crippen LogP contribution >= 0.6 is 0 Å². The molecule has 8 heteroatoms. The van der Waals surface area contributed by atoms with Crippen molar-refractivity contribution in [1.82, 2.24) is 5.43 Å². The first kappa shape index (κ1) is 12.4. The molecule has 17 heavy (non-hydrogen) atoms. The number of carbonyl (C=O) groups excluding carboxylic acids is 1. The molecular weight excluding hydrogens is 228 g/mol. The first-order chi connectivity index (χ1) is 8.04. The monoisotopic (exact) mass is 238 g/mol. The maximum absolute atomic E-state index is 10.6. The van der Waals surface area contributed by atoms with E-state index in [4.69, 9.17) is 10.5 Å². The van der Waals surface area contributed by atoms with Crippen molar-refractivity contribution < 1.29 is 14.5 Å². The summed E-state index contributed by atoms with van der Waals surface area (Å²) >= 11 is 0. The molecule has 0 fully saturated rings. The summed E-state index contributed by atoms with van der Waals surface area (Å²) < 4.78 is 4.98. The summed E-state index contributed by atoms with van der Waals surface area (Å²) in [4.78, 5) is 20.4. The highest BCUT2D eigenvalue weighted by Crippen LogP contribution is 2.22. The van der Waals surface area contributed by atoms with Crippen LogP contribution in [0, 0.1) is 10.1 Å². The molecule has 0 radical (unpaired) electrons. The molecule has 0 aromatic heterocycles. The third-order valence-electron chi connectivity index (χ3n) is 1.80. The van der Waals surface area contributed by atoms with Gasteiger partial charge in [-0.1, -0.05) is 0 Å². The Kier molecular flexibility index (Phi) is 3.98. The van der Waals surface area contributed by atoms with Gasteiger partial charge in [0.15, 0.2) is 0 Å². The van der Waals surface area contributed by atoms with E-state index >= 15 is 0 Å². The summed E-state index contributed by atoms with van der Waals surface area (Å²) in [6.45, 7) is 0. The van der Waals surface area contributed by atoms with Crippen LogP contribution in [0.1, 0.15) is 5.56 Å². The van der Waals surface area contributed by atoms with Gasteiger partial charge in [-0.15, -0.1) is 0 Å². The maximum Gasteiger partial charge on any atom is 0.332 e. The average Bonchev–Trinajstić information content (AvgIpc) is 2.28. The van der Waals surface area contributed by atoms with Gasteiger partial charge in [-0.05, 0) is 6.07 Å². The Labute approximate surface area is 96.2 Å². The van der Waals surface area contributed by atoms with E-state index in [1.165, 1.54) is 31.5 Å². The third-order valence-corrected chi connectivity index (χ3v) is 1.80. The van der Waals surface area contributed by atoms with E-state index in [0.29, 0.717) is 11.3 Å². The smallest absolute Gasteiger partial charge is 0.332 e. The molecule has 1 aromatic rings. The van der Waals surface area contributed by atoms with Crippen LogP contribution in [-0.2, 0) is 0 Å². The molecule has 0 aliphatic rings.